The second kappa shape index (κ2) is 5.68. The molecule has 0 aliphatic heterocycles. The molecule has 14 heavy (non-hydrogen) atoms. The van der Waals surface area contributed by atoms with Crippen molar-refractivity contribution in [2.45, 2.75) is 45.7 Å². The number of hydrogen-bond donors (Lipinski definition) is 0. The third-order valence-corrected chi connectivity index (χ3v) is 6.93. The van der Waals surface area contributed by atoms with Gasteiger partial charge < -0.3 is 8.85 Å². The summed E-state index contributed by atoms with van der Waals surface area (Å²) in [7, 11) is -2.12. The van der Waals surface area contributed by atoms with Crippen molar-refractivity contribution in [1.82, 2.24) is 0 Å². The fourth-order valence-corrected chi connectivity index (χ4v) is 4.67. The van der Waals surface area contributed by atoms with Crippen molar-refractivity contribution in [2.24, 2.45) is 0 Å². The molecule has 0 spiro atoms. The van der Waals surface area contributed by atoms with Gasteiger partial charge >= 0.3 is 8.56 Å². The lowest BCUT2D eigenvalue weighted by atomic mass is 10.2. The molecule has 0 fully saturated rings. The highest BCUT2D eigenvalue weighted by atomic mass is 28.4. The van der Waals surface area contributed by atoms with Gasteiger partial charge in [0.25, 0.3) is 0 Å². The van der Waals surface area contributed by atoms with Gasteiger partial charge in [-0.15, -0.1) is 6.58 Å². The molecule has 0 aliphatic rings. The molecule has 0 saturated carbocycles. The molecule has 0 rings (SSSR count). The van der Waals surface area contributed by atoms with Crippen LogP contribution in [0.5, 0.6) is 0 Å². The van der Waals surface area contributed by atoms with Gasteiger partial charge in [-0.05, 0) is 13.8 Å². The molecule has 0 N–H and O–H groups in total. The molecular weight excluding hydrogens is 192 g/mol. The molecule has 84 valence electrons. The number of rotatable bonds is 6. The minimum atomic E-state index is -2.12. The van der Waals surface area contributed by atoms with Crippen LogP contribution >= 0.6 is 0 Å². The van der Waals surface area contributed by atoms with Crippen molar-refractivity contribution < 1.29 is 8.85 Å². The van der Waals surface area contributed by atoms with E-state index in [1.54, 1.807) is 0 Å². The summed E-state index contributed by atoms with van der Waals surface area (Å²) in [4.78, 5) is 0. The average Bonchev–Trinajstić information content (AvgIpc) is 2.03. The Labute approximate surface area is 89.6 Å². The van der Waals surface area contributed by atoms with Gasteiger partial charge in [0, 0.05) is 24.3 Å². The van der Waals surface area contributed by atoms with Crippen molar-refractivity contribution >= 4 is 8.56 Å². The Morgan fingerprint density at radius 2 is 1.57 bits per heavy atom. The number of allylic oxidation sites excluding steroid dienone is 1. The molecule has 0 aliphatic carbocycles. The Morgan fingerprint density at radius 3 is 1.79 bits per heavy atom. The molecular formula is C11H24O2Si. The molecule has 0 radical (unpaired) electrons. The lowest BCUT2D eigenvalue weighted by Gasteiger charge is -2.39. The number of hydrogen-bond acceptors (Lipinski definition) is 2. The van der Waals surface area contributed by atoms with Crippen molar-refractivity contribution in [3.05, 3.63) is 12.7 Å². The van der Waals surface area contributed by atoms with Gasteiger partial charge in [-0.1, -0.05) is 26.8 Å². The monoisotopic (exact) mass is 216 g/mol. The van der Waals surface area contributed by atoms with E-state index in [0.29, 0.717) is 0 Å². The van der Waals surface area contributed by atoms with Crippen LogP contribution in [-0.2, 0) is 8.85 Å². The largest absolute Gasteiger partial charge is 0.394 e. The zero-order chi connectivity index (χ0) is 11.2. The molecule has 0 unspecified atom stereocenters. The summed E-state index contributed by atoms with van der Waals surface area (Å²) in [6.07, 6.45) is 1.92. The Hall–Kier alpha value is -0.123. The predicted octanol–water partition coefficient (Wildman–Crippen LogP) is 3.49. The van der Waals surface area contributed by atoms with E-state index in [1.165, 1.54) is 0 Å². The van der Waals surface area contributed by atoms with E-state index in [4.69, 9.17) is 8.85 Å². The van der Waals surface area contributed by atoms with Crippen molar-refractivity contribution in [1.29, 1.82) is 0 Å². The Bertz CT molecular complexity index is 167. The molecule has 0 amide bonds. The molecule has 0 aromatic rings. The Morgan fingerprint density at radius 1 is 1.14 bits per heavy atom. The fourth-order valence-electron chi connectivity index (χ4n) is 1.56. The van der Waals surface area contributed by atoms with Gasteiger partial charge in [0.05, 0.1) is 0 Å². The maximum atomic E-state index is 5.92. The summed E-state index contributed by atoms with van der Waals surface area (Å²) in [6.45, 7) is 15.8. The Kier molecular flexibility index (Phi) is 5.63. The maximum Gasteiger partial charge on any atom is 0.347 e. The highest BCUT2D eigenvalue weighted by Gasteiger charge is 2.47. The van der Waals surface area contributed by atoms with E-state index in [9.17, 15) is 0 Å². The molecule has 0 atom stereocenters. The first-order chi connectivity index (χ1) is 6.43. The molecule has 0 aromatic heterocycles. The first-order valence-electron chi connectivity index (χ1n) is 5.32. The molecule has 0 saturated heterocycles. The van der Waals surface area contributed by atoms with Crippen LogP contribution in [0.15, 0.2) is 12.7 Å². The van der Waals surface area contributed by atoms with E-state index < -0.39 is 8.56 Å². The van der Waals surface area contributed by atoms with Crippen molar-refractivity contribution in [2.75, 3.05) is 13.2 Å². The van der Waals surface area contributed by atoms with Gasteiger partial charge in [-0.2, -0.15) is 0 Å². The van der Waals surface area contributed by atoms with Crippen LogP contribution in [-0.4, -0.2) is 21.8 Å². The second-order valence-electron chi connectivity index (χ2n) is 4.36. The van der Waals surface area contributed by atoms with Crippen LogP contribution in [0.4, 0.5) is 0 Å². The van der Waals surface area contributed by atoms with Gasteiger partial charge in [-0.3, -0.25) is 0 Å². The minimum Gasteiger partial charge on any atom is -0.394 e. The molecule has 0 aromatic carbocycles. The van der Waals surface area contributed by atoms with Crippen molar-refractivity contribution in [3.8, 4) is 0 Å². The first kappa shape index (κ1) is 13.9. The zero-order valence-electron chi connectivity index (χ0n) is 10.2. The highest BCUT2D eigenvalue weighted by Crippen LogP contribution is 2.40. The summed E-state index contributed by atoms with van der Waals surface area (Å²) >= 11 is 0. The van der Waals surface area contributed by atoms with Crippen LogP contribution in [0.2, 0.25) is 11.1 Å². The standard InChI is InChI=1S/C11H24O2Si/c1-7-10-14(12-8-2,13-9-3)11(4,5)6/h7H,1,8-10H2,2-6H3. The fraction of sp³-hybridized carbons (Fsp3) is 0.818. The SMILES string of the molecule is C=CC[Si](OCC)(OCC)C(C)(C)C. The molecule has 2 nitrogen and oxygen atoms in total. The van der Waals surface area contributed by atoms with E-state index in [2.05, 4.69) is 27.4 Å². The summed E-state index contributed by atoms with van der Waals surface area (Å²) in [5, 5.41) is 0.0905. The maximum absolute atomic E-state index is 5.92. The quantitative estimate of drug-likeness (QED) is 0.500. The lowest BCUT2D eigenvalue weighted by molar-refractivity contribution is 0.163. The van der Waals surface area contributed by atoms with Crippen LogP contribution < -0.4 is 0 Å². The second-order valence-corrected chi connectivity index (χ2v) is 8.35. The van der Waals surface area contributed by atoms with Gasteiger partial charge in [0.1, 0.15) is 0 Å². The lowest BCUT2D eigenvalue weighted by Crippen LogP contribution is -2.50. The van der Waals surface area contributed by atoms with E-state index in [-0.39, 0.29) is 5.04 Å². The molecule has 0 heterocycles. The van der Waals surface area contributed by atoms with Gasteiger partial charge in [-0.25, -0.2) is 0 Å². The van der Waals surface area contributed by atoms with Crippen LogP contribution in [0, 0.1) is 0 Å². The summed E-state index contributed by atoms with van der Waals surface area (Å²) < 4.78 is 11.8. The normalized spacial score (nSPS) is 12.9. The average molecular weight is 216 g/mol. The predicted molar refractivity (Wildman–Crippen MR) is 63.7 cm³/mol. The van der Waals surface area contributed by atoms with Gasteiger partial charge in [0.15, 0.2) is 0 Å². The molecule has 3 heteroatoms. The topological polar surface area (TPSA) is 18.5 Å². The van der Waals surface area contributed by atoms with E-state index in [1.807, 2.05) is 19.9 Å². The Balaban J connectivity index is 4.82. The van der Waals surface area contributed by atoms with Crippen LogP contribution in [0.1, 0.15) is 34.6 Å². The third kappa shape index (κ3) is 3.22. The van der Waals surface area contributed by atoms with Crippen LogP contribution in [0.25, 0.3) is 0 Å². The van der Waals surface area contributed by atoms with Crippen molar-refractivity contribution in [3.63, 3.8) is 0 Å². The summed E-state index contributed by atoms with van der Waals surface area (Å²) in [5.41, 5.74) is 0. The zero-order valence-corrected chi connectivity index (χ0v) is 11.2. The third-order valence-electron chi connectivity index (χ3n) is 2.31. The van der Waals surface area contributed by atoms with E-state index in [0.717, 1.165) is 19.3 Å². The summed E-state index contributed by atoms with van der Waals surface area (Å²) in [5.74, 6) is 0. The van der Waals surface area contributed by atoms with Gasteiger partial charge in [0.2, 0.25) is 0 Å². The van der Waals surface area contributed by atoms with Crippen LogP contribution in [0.3, 0.4) is 0 Å². The molecule has 0 bridgehead atoms. The van der Waals surface area contributed by atoms with E-state index >= 15 is 0 Å². The smallest absolute Gasteiger partial charge is 0.347 e. The highest BCUT2D eigenvalue weighted by molar-refractivity contribution is 6.70. The minimum absolute atomic E-state index is 0.0905. The summed E-state index contributed by atoms with van der Waals surface area (Å²) in [6, 6.07) is 0.859. The first-order valence-corrected chi connectivity index (χ1v) is 7.34.